The molecule has 1 fully saturated rings. The van der Waals surface area contributed by atoms with E-state index in [0.29, 0.717) is 19.4 Å². The molecule has 0 atom stereocenters. The first-order valence-electron chi connectivity index (χ1n) is 6.52. The standard InChI is InChI=1S/C14H19NO4/c16-12-1-3-13(4-2-12)19-10-9-15-7-5-11(6-8-15)14(17)18/h1-4,11,16H,5-10H2,(H,17,18). The number of phenols is 1. The van der Waals surface area contributed by atoms with E-state index in [1.54, 1.807) is 24.3 Å². The summed E-state index contributed by atoms with van der Waals surface area (Å²) in [5.74, 6) is 0.0931. The second-order valence-corrected chi connectivity index (χ2v) is 4.80. The Morgan fingerprint density at radius 2 is 1.89 bits per heavy atom. The zero-order chi connectivity index (χ0) is 13.7. The Balaban J connectivity index is 1.67. The van der Waals surface area contributed by atoms with Crippen LogP contribution >= 0.6 is 0 Å². The molecule has 1 aromatic carbocycles. The van der Waals surface area contributed by atoms with Gasteiger partial charge in [-0.2, -0.15) is 0 Å². The van der Waals surface area contributed by atoms with Crippen LogP contribution in [-0.2, 0) is 4.79 Å². The monoisotopic (exact) mass is 265 g/mol. The van der Waals surface area contributed by atoms with Crippen LogP contribution in [0.5, 0.6) is 11.5 Å². The Morgan fingerprint density at radius 1 is 1.26 bits per heavy atom. The second-order valence-electron chi connectivity index (χ2n) is 4.80. The number of hydrogen-bond acceptors (Lipinski definition) is 4. The summed E-state index contributed by atoms with van der Waals surface area (Å²) in [6, 6.07) is 6.64. The number of piperidine rings is 1. The smallest absolute Gasteiger partial charge is 0.306 e. The lowest BCUT2D eigenvalue weighted by molar-refractivity contribution is -0.143. The SMILES string of the molecule is O=C(O)C1CCN(CCOc2ccc(O)cc2)CC1. The van der Waals surface area contributed by atoms with E-state index in [4.69, 9.17) is 14.9 Å². The van der Waals surface area contributed by atoms with Crippen LogP contribution in [0.25, 0.3) is 0 Å². The molecular formula is C14H19NO4. The van der Waals surface area contributed by atoms with E-state index >= 15 is 0 Å². The molecule has 0 amide bonds. The van der Waals surface area contributed by atoms with Crippen molar-refractivity contribution >= 4 is 5.97 Å². The number of nitrogens with zero attached hydrogens (tertiary/aromatic N) is 1. The normalized spacial score (nSPS) is 17.3. The van der Waals surface area contributed by atoms with Gasteiger partial charge in [0.1, 0.15) is 18.1 Å². The maximum atomic E-state index is 10.8. The highest BCUT2D eigenvalue weighted by atomic mass is 16.5. The molecule has 1 aromatic rings. The van der Waals surface area contributed by atoms with E-state index in [1.807, 2.05) is 0 Å². The average molecular weight is 265 g/mol. The number of carboxylic acids is 1. The maximum Gasteiger partial charge on any atom is 0.306 e. The fourth-order valence-corrected chi connectivity index (χ4v) is 2.24. The van der Waals surface area contributed by atoms with E-state index in [2.05, 4.69) is 4.90 Å². The van der Waals surface area contributed by atoms with E-state index in [9.17, 15) is 4.79 Å². The number of benzene rings is 1. The van der Waals surface area contributed by atoms with Gasteiger partial charge in [0, 0.05) is 6.54 Å². The summed E-state index contributed by atoms with van der Waals surface area (Å²) in [4.78, 5) is 13.0. The first-order valence-corrected chi connectivity index (χ1v) is 6.52. The quantitative estimate of drug-likeness (QED) is 0.845. The van der Waals surface area contributed by atoms with Crippen LogP contribution in [0.4, 0.5) is 0 Å². The van der Waals surface area contributed by atoms with E-state index < -0.39 is 5.97 Å². The molecule has 5 heteroatoms. The van der Waals surface area contributed by atoms with Gasteiger partial charge in [0.05, 0.1) is 5.92 Å². The highest BCUT2D eigenvalue weighted by molar-refractivity contribution is 5.70. The molecule has 104 valence electrons. The first-order chi connectivity index (χ1) is 9.15. The molecule has 0 spiro atoms. The number of carboxylic acid groups (broad SMARTS) is 1. The van der Waals surface area contributed by atoms with Gasteiger partial charge in [-0.15, -0.1) is 0 Å². The topological polar surface area (TPSA) is 70.0 Å². The third-order valence-electron chi connectivity index (χ3n) is 3.45. The van der Waals surface area contributed by atoms with Crippen molar-refractivity contribution in [3.63, 3.8) is 0 Å². The Bertz CT molecular complexity index is 410. The van der Waals surface area contributed by atoms with Crippen molar-refractivity contribution in [3.05, 3.63) is 24.3 Å². The minimum atomic E-state index is -0.681. The van der Waals surface area contributed by atoms with Crippen molar-refractivity contribution in [2.24, 2.45) is 5.92 Å². The van der Waals surface area contributed by atoms with Crippen LogP contribution < -0.4 is 4.74 Å². The number of aliphatic carboxylic acids is 1. The molecule has 1 saturated heterocycles. The Kier molecular flexibility index (Phi) is 4.63. The third-order valence-corrected chi connectivity index (χ3v) is 3.45. The third kappa shape index (κ3) is 4.13. The molecule has 1 aliphatic heterocycles. The fraction of sp³-hybridized carbons (Fsp3) is 0.500. The van der Waals surface area contributed by atoms with Crippen molar-refractivity contribution in [2.45, 2.75) is 12.8 Å². The summed E-state index contributed by atoms with van der Waals surface area (Å²) in [5, 5.41) is 18.1. The molecule has 0 bridgehead atoms. The molecule has 2 N–H and O–H groups in total. The number of likely N-dealkylation sites (tertiary alicyclic amines) is 1. The number of rotatable bonds is 5. The highest BCUT2D eigenvalue weighted by Gasteiger charge is 2.23. The summed E-state index contributed by atoms with van der Waals surface area (Å²) in [5.41, 5.74) is 0. The van der Waals surface area contributed by atoms with Gasteiger partial charge in [-0.3, -0.25) is 9.69 Å². The Hall–Kier alpha value is -1.75. The van der Waals surface area contributed by atoms with Gasteiger partial charge in [0.25, 0.3) is 0 Å². The first kappa shape index (κ1) is 13.7. The summed E-state index contributed by atoms with van der Waals surface area (Å²) in [7, 11) is 0. The summed E-state index contributed by atoms with van der Waals surface area (Å²) < 4.78 is 5.57. The second kappa shape index (κ2) is 6.43. The van der Waals surface area contributed by atoms with Crippen molar-refractivity contribution in [2.75, 3.05) is 26.2 Å². The van der Waals surface area contributed by atoms with Crippen LogP contribution in [0.2, 0.25) is 0 Å². The number of carbonyl (C=O) groups is 1. The minimum Gasteiger partial charge on any atom is -0.508 e. The van der Waals surface area contributed by atoms with E-state index in [1.165, 1.54) is 0 Å². The van der Waals surface area contributed by atoms with Crippen LogP contribution in [0.15, 0.2) is 24.3 Å². The van der Waals surface area contributed by atoms with Crippen molar-refractivity contribution in [1.82, 2.24) is 4.90 Å². The molecule has 5 nitrogen and oxygen atoms in total. The Morgan fingerprint density at radius 3 is 2.47 bits per heavy atom. The lowest BCUT2D eigenvalue weighted by Gasteiger charge is -2.29. The largest absolute Gasteiger partial charge is 0.508 e. The molecule has 0 saturated carbocycles. The van der Waals surface area contributed by atoms with Gasteiger partial charge in [0.15, 0.2) is 0 Å². The van der Waals surface area contributed by atoms with Crippen LogP contribution in [-0.4, -0.2) is 47.3 Å². The molecule has 0 radical (unpaired) electrons. The summed E-state index contributed by atoms with van der Waals surface area (Å²) >= 11 is 0. The van der Waals surface area contributed by atoms with Gasteiger partial charge < -0.3 is 14.9 Å². The molecule has 0 unspecified atom stereocenters. The molecule has 0 aromatic heterocycles. The number of aromatic hydroxyl groups is 1. The predicted molar refractivity (Wildman–Crippen MR) is 70.4 cm³/mol. The lowest BCUT2D eigenvalue weighted by Crippen LogP contribution is -2.38. The molecule has 1 aliphatic rings. The maximum absolute atomic E-state index is 10.8. The minimum absolute atomic E-state index is 0.186. The van der Waals surface area contributed by atoms with Crippen molar-refractivity contribution in [3.8, 4) is 11.5 Å². The molecular weight excluding hydrogens is 246 g/mol. The number of ether oxygens (including phenoxy) is 1. The average Bonchev–Trinajstić information content (AvgIpc) is 2.41. The predicted octanol–water partition coefficient (Wildman–Crippen LogP) is 1.57. The van der Waals surface area contributed by atoms with Crippen LogP contribution in [0.3, 0.4) is 0 Å². The van der Waals surface area contributed by atoms with Crippen molar-refractivity contribution < 1.29 is 19.7 Å². The van der Waals surface area contributed by atoms with Crippen molar-refractivity contribution in [1.29, 1.82) is 0 Å². The zero-order valence-electron chi connectivity index (χ0n) is 10.8. The molecule has 2 rings (SSSR count). The highest BCUT2D eigenvalue weighted by Crippen LogP contribution is 2.18. The van der Waals surface area contributed by atoms with E-state index in [-0.39, 0.29) is 11.7 Å². The van der Waals surface area contributed by atoms with Gasteiger partial charge in [-0.25, -0.2) is 0 Å². The number of hydrogen-bond donors (Lipinski definition) is 2. The summed E-state index contributed by atoms with van der Waals surface area (Å²) in [6.45, 7) is 3.00. The van der Waals surface area contributed by atoms with Crippen LogP contribution in [0.1, 0.15) is 12.8 Å². The molecule has 19 heavy (non-hydrogen) atoms. The molecule has 1 heterocycles. The van der Waals surface area contributed by atoms with Gasteiger partial charge in [-0.1, -0.05) is 0 Å². The van der Waals surface area contributed by atoms with Gasteiger partial charge >= 0.3 is 5.97 Å². The zero-order valence-corrected chi connectivity index (χ0v) is 10.8. The van der Waals surface area contributed by atoms with Gasteiger partial charge in [-0.05, 0) is 50.2 Å². The molecule has 0 aliphatic carbocycles. The van der Waals surface area contributed by atoms with E-state index in [0.717, 1.165) is 25.4 Å². The summed E-state index contributed by atoms with van der Waals surface area (Å²) in [6.07, 6.45) is 1.43. The van der Waals surface area contributed by atoms with Gasteiger partial charge in [0.2, 0.25) is 0 Å². The van der Waals surface area contributed by atoms with Crippen LogP contribution in [0, 0.1) is 5.92 Å². The number of phenolic OH excluding ortho intramolecular Hbond substituents is 1. The Labute approximate surface area is 112 Å². The lowest BCUT2D eigenvalue weighted by atomic mass is 9.97. The fourth-order valence-electron chi connectivity index (χ4n) is 2.24.